The van der Waals surface area contributed by atoms with E-state index in [0.29, 0.717) is 6.04 Å². The van der Waals surface area contributed by atoms with Gasteiger partial charge in [-0.25, -0.2) is 4.98 Å². The van der Waals surface area contributed by atoms with Crippen LogP contribution in [-0.4, -0.2) is 32.3 Å². The molecule has 1 aromatic carbocycles. The lowest BCUT2D eigenvalue weighted by Crippen LogP contribution is -2.33. The summed E-state index contributed by atoms with van der Waals surface area (Å²) in [6, 6.07) is 8.47. The van der Waals surface area contributed by atoms with Crippen molar-refractivity contribution in [2.45, 2.75) is 32.4 Å². The first-order valence-corrected chi connectivity index (χ1v) is 7.77. The molecule has 112 valence electrons. The van der Waals surface area contributed by atoms with E-state index < -0.39 is 0 Å². The van der Waals surface area contributed by atoms with Gasteiger partial charge in [0.2, 0.25) is 0 Å². The summed E-state index contributed by atoms with van der Waals surface area (Å²) in [5, 5.41) is 4.41. The molecule has 0 aliphatic carbocycles. The van der Waals surface area contributed by atoms with Crippen molar-refractivity contribution in [1.82, 2.24) is 19.7 Å². The summed E-state index contributed by atoms with van der Waals surface area (Å²) in [6.45, 7) is 4.02. The number of hydrogen-bond donors (Lipinski definition) is 0. The number of fused-ring (bicyclic) bond motifs is 1. The number of aryl methyl sites for hydroxylation is 1. The Morgan fingerprint density at radius 3 is 2.86 bits per heavy atom. The van der Waals surface area contributed by atoms with Gasteiger partial charge < -0.3 is 4.90 Å². The van der Waals surface area contributed by atoms with Crippen molar-refractivity contribution in [3.05, 3.63) is 48.4 Å². The zero-order valence-corrected chi connectivity index (χ0v) is 12.7. The van der Waals surface area contributed by atoms with Crippen molar-refractivity contribution in [3.8, 4) is 0 Å². The third-order valence-electron chi connectivity index (χ3n) is 4.27. The molecule has 0 amide bonds. The third-order valence-corrected chi connectivity index (χ3v) is 4.27. The van der Waals surface area contributed by atoms with E-state index in [1.807, 2.05) is 41.3 Å². The molecule has 0 unspecified atom stereocenters. The molecule has 22 heavy (non-hydrogen) atoms. The van der Waals surface area contributed by atoms with Gasteiger partial charge in [-0.2, -0.15) is 5.10 Å². The van der Waals surface area contributed by atoms with Crippen molar-refractivity contribution < 1.29 is 0 Å². The lowest BCUT2D eigenvalue weighted by molar-refractivity contribution is 0.507. The first-order valence-electron chi connectivity index (χ1n) is 7.77. The van der Waals surface area contributed by atoms with Gasteiger partial charge in [-0.1, -0.05) is 12.1 Å². The van der Waals surface area contributed by atoms with Gasteiger partial charge in [0.25, 0.3) is 0 Å². The second-order valence-corrected chi connectivity index (χ2v) is 5.95. The predicted molar refractivity (Wildman–Crippen MR) is 86.9 cm³/mol. The zero-order valence-electron chi connectivity index (χ0n) is 12.7. The average Bonchev–Trinajstić information content (AvgIpc) is 3.16. The van der Waals surface area contributed by atoms with E-state index in [9.17, 15) is 0 Å². The first-order chi connectivity index (χ1) is 10.8. The lowest BCUT2D eigenvalue weighted by atomic mass is 10.2. The summed E-state index contributed by atoms with van der Waals surface area (Å²) in [6.07, 6.45) is 8.28. The van der Waals surface area contributed by atoms with E-state index in [1.165, 1.54) is 18.4 Å². The maximum Gasteiger partial charge on any atom is 0.148 e. The van der Waals surface area contributed by atoms with Crippen molar-refractivity contribution in [3.63, 3.8) is 0 Å². The Bertz CT molecular complexity index is 794. The highest BCUT2D eigenvalue weighted by Gasteiger charge is 2.26. The average molecular weight is 293 g/mol. The highest BCUT2D eigenvalue weighted by molar-refractivity contribution is 5.75. The Balaban J connectivity index is 1.61. The van der Waals surface area contributed by atoms with Crippen LogP contribution in [0.25, 0.3) is 11.0 Å². The van der Waals surface area contributed by atoms with E-state index in [1.54, 1.807) is 0 Å². The van der Waals surface area contributed by atoms with Crippen LogP contribution in [-0.2, 0) is 6.54 Å². The van der Waals surface area contributed by atoms with Crippen LogP contribution >= 0.6 is 0 Å². The molecular formula is C17H19N5. The SMILES string of the molecule is Cc1cnn(C[C@H]2CCCN2c2cnc3ccccc3n2)c1. The summed E-state index contributed by atoms with van der Waals surface area (Å²) < 4.78 is 2.03. The Morgan fingerprint density at radius 1 is 1.18 bits per heavy atom. The first kappa shape index (κ1) is 13.2. The summed E-state index contributed by atoms with van der Waals surface area (Å²) in [4.78, 5) is 11.7. The van der Waals surface area contributed by atoms with Crippen LogP contribution in [0.4, 0.5) is 5.82 Å². The van der Waals surface area contributed by atoms with Crippen LogP contribution in [0.2, 0.25) is 0 Å². The van der Waals surface area contributed by atoms with E-state index in [-0.39, 0.29) is 0 Å². The second kappa shape index (κ2) is 5.40. The number of para-hydroxylation sites is 2. The summed E-state index contributed by atoms with van der Waals surface area (Å²) in [5.74, 6) is 0.977. The molecule has 5 nitrogen and oxygen atoms in total. The van der Waals surface area contributed by atoms with Gasteiger partial charge in [0.05, 0.1) is 36.0 Å². The molecule has 4 rings (SSSR count). The van der Waals surface area contributed by atoms with Gasteiger partial charge in [-0.05, 0) is 37.5 Å². The number of hydrogen-bond acceptors (Lipinski definition) is 4. The topological polar surface area (TPSA) is 46.8 Å². The van der Waals surface area contributed by atoms with E-state index in [2.05, 4.69) is 28.1 Å². The molecule has 1 fully saturated rings. The maximum atomic E-state index is 4.79. The molecule has 0 bridgehead atoms. The second-order valence-electron chi connectivity index (χ2n) is 5.95. The van der Waals surface area contributed by atoms with Crippen molar-refractivity contribution in [1.29, 1.82) is 0 Å². The predicted octanol–water partition coefficient (Wildman–Crippen LogP) is 2.80. The van der Waals surface area contributed by atoms with Crippen LogP contribution in [0, 0.1) is 6.92 Å². The van der Waals surface area contributed by atoms with Crippen molar-refractivity contribution in [2.75, 3.05) is 11.4 Å². The van der Waals surface area contributed by atoms with E-state index in [4.69, 9.17) is 4.98 Å². The Morgan fingerprint density at radius 2 is 2.05 bits per heavy atom. The Hall–Kier alpha value is -2.43. The largest absolute Gasteiger partial charge is 0.350 e. The van der Waals surface area contributed by atoms with Crippen LogP contribution in [0.5, 0.6) is 0 Å². The molecule has 0 radical (unpaired) electrons. The zero-order chi connectivity index (χ0) is 14.9. The van der Waals surface area contributed by atoms with Crippen molar-refractivity contribution >= 4 is 16.9 Å². The van der Waals surface area contributed by atoms with Gasteiger partial charge in [-0.3, -0.25) is 9.67 Å². The molecule has 5 heteroatoms. The molecule has 2 aromatic heterocycles. The number of aromatic nitrogens is 4. The van der Waals surface area contributed by atoms with Crippen LogP contribution in [0.15, 0.2) is 42.9 Å². The molecule has 3 heterocycles. The molecular weight excluding hydrogens is 274 g/mol. The summed E-state index contributed by atoms with van der Waals surface area (Å²) in [5.41, 5.74) is 3.11. The molecule has 0 saturated carbocycles. The van der Waals surface area contributed by atoms with Crippen molar-refractivity contribution in [2.24, 2.45) is 0 Å². The van der Waals surface area contributed by atoms with Crippen LogP contribution in [0.3, 0.4) is 0 Å². The fourth-order valence-electron chi connectivity index (χ4n) is 3.20. The number of rotatable bonds is 3. The molecule has 1 saturated heterocycles. The molecule has 3 aromatic rings. The molecule has 1 atom stereocenters. The summed E-state index contributed by atoms with van der Waals surface area (Å²) >= 11 is 0. The van der Waals surface area contributed by atoms with Crippen LogP contribution in [0.1, 0.15) is 18.4 Å². The monoisotopic (exact) mass is 293 g/mol. The minimum atomic E-state index is 0.440. The van der Waals surface area contributed by atoms with Gasteiger partial charge in [0.15, 0.2) is 0 Å². The Labute approximate surface area is 129 Å². The highest BCUT2D eigenvalue weighted by Crippen LogP contribution is 2.25. The van der Waals surface area contributed by atoms with Gasteiger partial charge in [0.1, 0.15) is 5.82 Å². The van der Waals surface area contributed by atoms with Gasteiger partial charge >= 0.3 is 0 Å². The van der Waals surface area contributed by atoms with Crippen LogP contribution < -0.4 is 4.90 Å². The minimum absolute atomic E-state index is 0.440. The molecule has 0 N–H and O–H groups in total. The molecule has 1 aliphatic rings. The standard InChI is InChI=1S/C17H19N5/c1-13-9-19-21(11-13)12-14-5-4-8-22(14)17-10-18-15-6-2-3-7-16(15)20-17/h2-3,6-7,9-11,14H,4-5,8,12H2,1H3/t14-/m1/s1. The maximum absolute atomic E-state index is 4.79. The fraction of sp³-hybridized carbons (Fsp3) is 0.353. The molecule has 1 aliphatic heterocycles. The fourth-order valence-corrected chi connectivity index (χ4v) is 3.20. The van der Waals surface area contributed by atoms with Gasteiger partial charge in [0, 0.05) is 12.7 Å². The minimum Gasteiger partial charge on any atom is -0.350 e. The van der Waals surface area contributed by atoms with Gasteiger partial charge in [-0.15, -0.1) is 0 Å². The van der Waals surface area contributed by atoms with E-state index in [0.717, 1.165) is 29.9 Å². The number of benzene rings is 1. The van der Waals surface area contributed by atoms with E-state index >= 15 is 0 Å². The normalized spacial score (nSPS) is 18.2. The smallest absolute Gasteiger partial charge is 0.148 e. The molecule has 0 spiro atoms. The highest BCUT2D eigenvalue weighted by atomic mass is 15.3. The Kier molecular flexibility index (Phi) is 3.25. The quantitative estimate of drug-likeness (QED) is 0.745. The lowest BCUT2D eigenvalue weighted by Gasteiger charge is -2.25. The number of anilines is 1. The third kappa shape index (κ3) is 2.43. The number of nitrogens with zero attached hydrogens (tertiary/aromatic N) is 5. The summed E-state index contributed by atoms with van der Waals surface area (Å²) in [7, 11) is 0.